The van der Waals surface area contributed by atoms with Gasteiger partial charge in [-0.05, 0) is 12.8 Å². The van der Waals surface area contributed by atoms with Crippen LogP contribution in [0.5, 0.6) is 0 Å². The smallest absolute Gasteiger partial charge is 0.334 e. The molecule has 0 spiro atoms. The Balaban J connectivity index is 2.30. The summed E-state index contributed by atoms with van der Waals surface area (Å²) in [6, 6.07) is 0. The highest BCUT2D eigenvalue weighted by Crippen LogP contribution is 2.22. The Morgan fingerprint density at radius 3 is 2.25 bits per heavy atom. The molecule has 16 heavy (non-hydrogen) atoms. The van der Waals surface area contributed by atoms with Crippen molar-refractivity contribution in [3.8, 4) is 0 Å². The number of aliphatic carboxylic acids is 1. The SMILES string of the molecule is O=C(NC[C@H](O)C(=O)O)C1CCCCCC1. The molecular formula is C11H19NO4. The maximum Gasteiger partial charge on any atom is 0.334 e. The monoisotopic (exact) mass is 229 g/mol. The van der Waals surface area contributed by atoms with Crippen molar-refractivity contribution in [1.82, 2.24) is 5.32 Å². The molecule has 1 amide bonds. The maximum absolute atomic E-state index is 11.7. The van der Waals surface area contributed by atoms with E-state index in [4.69, 9.17) is 10.2 Å². The third-order valence-electron chi connectivity index (χ3n) is 2.98. The van der Waals surface area contributed by atoms with E-state index in [1.807, 2.05) is 0 Å². The summed E-state index contributed by atoms with van der Waals surface area (Å²) in [5.41, 5.74) is 0. The van der Waals surface area contributed by atoms with Gasteiger partial charge in [0, 0.05) is 5.92 Å². The molecule has 5 nitrogen and oxygen atoms in total. The van der Waals surface area contributed by atoms with Gasteiger partial charge >= 0.3 is 5.97 Å². The van der Waals surface area contributed by atoms with E-state index >= 15 is 0 Å². The molecule has 1 fully saturated rings. The minimum atomic E-state index is -1.50. The van der Waals surface area contributed by atoms with Crippen molar-refractivity contribution in [3.05, 3.63) is 0 Å². The van der Waals surface area contributed by atoms with Crippen molar-refractivity contribution in [2.75, 3.05) is 6.54 Å². The van der Waals surface area contributed by atoms with Crippen LogP contribution in [-0.4, -0.2) is 34.7 Å². The van der Waals surface area contributed by atoms with Crippen LogP contribution in [-0.2, 0) is 9.59 Å². The molecule has 1 saturated carbocycles. The number of nitrogens with one attached hydrogen (secondary N) is 1. The number of hydrogen-bond donors (Lipinski definition) is 3. The molecule has 0 aliphatic heterocycles. The quantitative estimate of drug-likeness (QED) is 0.613. The third kappa shape index (κ3) is 4.18. The van der Waals surface area contributed by atoms with Crippen LogP contribution in [0.15, 0.2) is 0 Å². The Bertz CT molecular complexity index is 246. The van der Waals surface area contributed by atoms with Crippen molar-refractivity contribution in [2.45, 2.75) is 44.6 Å². The van der Waals surface area contributed by atoms with Crippen molar-refractivity contribution >= 4 is 11.9 Å². The molecular weight excluding hydrogens is 210 g/mol. The summed E-state index contributed by atoms with van der Waals surface area (Å²) in [4.78, 5) is 22.0. The van der Waals surface area contributed by atoms with Gasteiger partial charge < -0.3 is 15.5 Å². The number of carboxylic acids is 1. The fourth-order valence-electron chi connectivity index (χ4n) is 1.97. The molecule has 0 radical (unpaired) electrons. The van der Waals surface area contributed by atoms with Gasteiger partial charge in [-0.25, -0.2) is 4.79 Å². The summed E-state index contributed by atoms with van der Waals surface area (Å²) < 4.78 is 0. The van der Waals surface area contributed by atoms with Crippen LogP contribution in [0.2, 0.25) is 0 Å². The van der Waals surface area contributed by atoms with Crippen LogP contribution in [0.4, 0.5) is 0 Å². The summed E-state index contributed by atoms with van der Waals surface area (Å²) in [7, 11) is 0. The zero-order chi connectivity index (χ0) is 12.0. The predicted molar refractivity (Wildman–Crippen MR) is 57.8 cm³/mol. The lowest BCUT2D eigenvalue weighted by atomic mass is 9.99. The lowest BCUT2D eigenvalue weighted by molar-refractivity contribution is -0.146. The summed E-state index contributed by atoms with van der Waals surface area (Å²) in [6.45, 7) is -0.204. The van der Waals surface area contributed by atoms with Gasteiger partial charge in [0.15, 0.2) is 6.10 Å². The number of carbonyl (C=O) groups excluding carboxylic acids is 1. The lowest BCUT2D eigenvalue weighted by Crippen LogP contribution is -2.39. The van der Waals surface area contributed by atoms with Crippen molar-refractivity contribution in [2.24, 2.45) is 5.92 Å². The van der Waals surface area contributed by atoms with Gasteiger partial charge in [-0.3, -0.25) is 4.79 Å². The average Bonchev–Trinajstić information content (AvgIpc) is 2.53. The van der Waals surface area contributed by atoms with E-state index in [-0.39, 0.29) is 18.4 Å². The summed E-state index contributed by atoms with van der Waals surface area (Å²) in [6.07, 6.45) is 4.68. The van der Waals surface area contributed by atoms with Gasteiger partial charge in [0.25, 0.3) is 0 Å². The van der Waals surface area contributed by atoms with E-state index in [0.717, 1.165) is 25.7 Å². The van der Waals surface area contributed by atoms with E-state index in [0.29, 0.717) is 0 Å². The first-order chi connectivity index (χ1) is 7.61. The zero-order valence-electron chi connectivity index (χ0n) is 9.32. The largest absolute Gasteiger partial charge is 0.479 e. The molecule has 0 heterocycles. The predicted octanol–water partition coefficient (Wildman–Crippen LogP) is 0.518. The standard InChI is InChI=1S/C11H19NO4/c13-9(11(15)16)7-12-10(14)8-5-3-1-2-4-6-8/h8-9,13H,1-7H2,(H,12,14)(H,15,16)/t9-/m0/s1. The zero-order valence-corrected chi connectivity index (χ0v) is 9.32. The van der Waals surface area contributed by atoms with Crippen molar-refractivity contribution in [1.29, 1.82) is 0 Å². The second-order valence-electron chi connectivity index (χ2n) is 4.29. The Kier molecular flexibility index (Phi) is 5.25. The highest BCUT2D eigenvalue weighted by Gasteiger charge is 2.21. The van der Waals surface area contributed by atoms with Crippen LogP contribution in [0.3, 0.4) is 0 Å². The van der Waals surface area contributed by atoms with E-state index < -0.39 is 12.1 Å². The van der Waals surface area contributed by atoms with Gasteiger partial charge in [-0.15, -0.1) is 0 Å². The lowest BCUT2D eigenvalue weighted by Gasteiger charge is -2.14. The molecule has 3 N–H and O–H groups in total. The summed E-state index contributed by atoms with van der Waals surface area (Å²) in [5.74, 6) is -1.44. The molecule has 1 rings (SSSR count). The first-order valence-electron chi connectivity index (χ1n) is 5.80. The molecule has 5 heteroatoms. The van der Waals surface area contributed by atoms with E-state index in [1.54, 1.807) is 0 Å². The Morgan fingerprint density at radius 1 is 1.19 bits per heavy atom. The highest BCUT2D eigenvalue weighted by atomic mass is 16.4. The third-order valence-corrected chi connectivity index (χ3v) is 2.98. The van der Waals surface area contributed by atoms with Crippen LogP contribution in [0, 0.1) is 5.92 Å². The van der Waals surface area contributed by atoms with Crippen LogP contribution >= 0.6 is 0 Å². The number of hydrogen-bond acceptors (Lipinski definition) is 3. The molecule has 92 valence electrons. The molecule has 0 unspecified atom stereocenters. The van der Waals surface area contributed by atoms with E-state index in [2.05, 4.69) is 5.32 Å². The Morgan fingerprint density at radius 2 is 1.75 bits per heavy atom. The minimum absolute atomic E-state index is 0.0107. The maximum atomic E-state index is 11.7. The number of aliphatic hydroxyl groups is 1. The number of amides is 1. The fourth-order valence-corrected chi connectivity index (χ4v) is 1.97. The molecule has 0 aromatic heterocycles. The van der Waals surface area contributed by atoms with Crippen LogP contribution in [0.1, 0.15) is 38.5 Å². The van der Waals surface area contributed by atoms with Crippen molar-refractivity contribution in [3.63, 3.8) is 0 Å². The average molecular weight is 229 g/mol. The second kappa shape index (κ2) is 6.48. The summed E-state index contributed by atoms with van der Waals surface area (Å²) in [5, 5.41) is 20.0. The van der Waals surface area contributed by atoms with E-state index in [1.165, 1.54) is 12.8 Å². The molecule has 1 aliphatic rings. The number of rotatable bonds is 4. The topological polar surface area (TPSA) is 86.6 Å². The molecule has 1 atom stereocenters. The van der Waals surface area contributed by atoms with Gasteiger partial charge in [-0.1, -0.05) is 25.7 Å². The normalized spacial score (nSPS) is 19.8. The molecule has 0 saturated heterocycles. The summed E-state index contributed by atoms with van der Waals surface area (Å²) >= 11 is 0. The highest BCUT2D eigenvalue weighted by molar-refractivity contribution is 5.80. The van der Waals surface area contributed by atoms with Gasteiger partial charge in [0.05, 0.1) is 6.54 Å². The molecule has 0 aromatic carbocycles. The van der Waals surface area contributed by atoms with Gasteiger partial charge in [0.1, 0.15) is 0 Å². The molecule has 1 aliphatic carbocycles. The van der Waals surface area contributed by atoms with Crippen LogP contribution in [0.25, 0.3) is 0 Å². The Labute approximate surface area is 94.8 Å². The number of carbonyl (C=O) groups is 2. The minimum Gasteiger partial charge on any atom is -0.479 e. The second-order valence-corrected chi connectivity index (χ2v) is 4.29. The first-order valence-corrected chi connectivity index (χ1v) is 5.80. The first kappa shape index (κ1) is 13.0. The van der Waals surface area contributed by atoms with Gasteiger partial charge in [-0.2, -0.15) is 0 Å². The van der Waals surface area contributed by atoms with Gasteiger partial charge in [0.2, 0.25) is 5.91 Å². The number of aliphatic hydroxyl groups excluding tert-OH is 1. The van der Waals surface area contributed by atoms with E-state index in [9.17, 15) is 9.59 Å². The van der Waals surface area contributed by atoms with Crippen LogP contribution < -0.4 is 5.32 Å². The Hall–Kier alpha value is -1.10. The number of carboxylic acid groups (broad SMARTS) is 1. The van der Waals surface area contributed by atoms with Crippen molar-refractivity contribution < 1.29 is 19.8 Å². The molecule has 0 bridgehead atoms. The fraction of sp³-hybridized carbons (Fsp3) is 0.818. The molecule has 0 aromatic rings.